The first-order valence-electron chi connectivity index (χ1n) is 2.73. The molecule has 0 amide bonds. The van der Waals surface area contributed by atoms with E-state index in [9.17, 15) is 0 Å². The van der Waals surface area contributed by atoms with Gasteiger partial charge in [-0.15, -0.1) is 0 Å². The molecular formula is C6H7BrN2. The molecule has 0 fully saturated rings. The first-order chi connectivity index (χ1) is 4.43. The summed E-state index contributed by atoms with van der Waals surface area (Å²) in [5.41, 5.74) is 1.18. The first-order valence-corrected chi connectivity index (χ1v) is 3.85. The number of halogens is 1. The Balaban J connectivity index is 2.61. The van der Waals surface area contributed by atoms with Gasteiger partial charge in [0.2, 0.25) is 0 Å². The highest BCUT2D eigenvalue weighted by molar-refractivity contribution is 9.09. The smallest absolute Gasteiger partial charge is 0.115 e. The van der Waals surface area contributed by atoms with Gasteiger partial charge in [-0.1, -0.05) is 15.9 Å². The van der Waals surface area contributed by atoms with Crippen molar-refractivity contribution in [1.29, 1.82) is 0 Å². The Kier molecular flexibility index (Phi) is 2.64. The van der Waals surface area contributed by atoms with Crippen LogP contribution in [0.15, 0.2) is 18.7 Å². The lowest BCUT2D eigenvalue weighted by Gasteiger charge is -1.91. The van der Waals surface area contributed by atoms with E-state index in [1.165, 1.54) is 11.9 Å². The van der Waals surface area contributed by atoms with Gasteiger partial charge in [-0.3, -0.25) is 0 Å². The van der Waals surface area contributed by atoms with E-state index in [2.05, 4.69) is 25.9 Å². The Morgan fingerprint density at radius 2 is 2.00 bits per heavy atom. The minimum absolute atomic E-state index is 0.973. The fraction of sp³-hybridized carbons (Fsp3) is 0.333. The maximum atomic E-state index is 3.87. The molecule has 0 spiro atoms. The molecule has 2 nitrogen and oxygen atoms in total. The lowest BCUT2D eigenvalue weighted by atomic mass is 10.3. The van der Waals surface area contributed by atoms with E-state index in [0.717, 1.165) is 11.8 Å². The van der Waals surface area contributed by atoms with Crippen LogP contribution in [-0.2, 0) is 6.42 Å². The number of aryl methyl sites for hydroxylation is 1. The second kappa shape index (κ2) is 3.56. The van der Waals surface area contributed by atoms with E-state index in [1.807, 2.05) is 12.4 Å². The number of aromatic nitrogens is 2. The van der Waals surface area contributed by atoms with Crippen LogP contribution in [0, 0.1) is 0 Å². The van der Waals surface area contributed by atoms with Crippen molar-refractivity contribution >= 4 is 15.9 Å². The standard InChI is InChI=1S/C6H7BrN2/c7-2-1-6-3-8-5-9-4-6/h3-5H,1-2H2. The zero-order valence-electron chi connectivity index (χ0n) is 4.92. The number of nitrogens with zero attached hydrogens (tertiary/aromatic N) is 2. The molecule has 0 bridgehead atoms. The Morgan fingerprint density at radius 3 is 2.56 bits per heavy atom. The van der Waals surface area contributed by atoms with Gasteiger partial charge in [0.05, 0.1) is 0 Å². The zero-order chi connectivity index (χ0) is 6.53. The molecule has 0 aliphatic carbocycles. The highest BCUT2D eigenvalue weighted by atomic mass is 79.9. The van der Waals surface area contributed by atoms with Crippen LogP contribution in [0.2, 0.25) is 0 Å². The number of alkyl halides is 1. The topological polar surface area (TPSA) is 25.8 Å². The summed E-state index contributed by atoms with van der Waals surface area (Å²) in [4.78, 5) is 7.74. The lowest BCUT2D eigenvalue weighted by molar-refractivity contribution is 1.06. The quantitative estimate of drug-likeness (QED) is 0.654. The van der Waals surface area contributed by atoms with Gasteiger partial charge in [-0.25, -0.2) is 9.97 Å². The molecule has 9 heavy (non-hydrogen) atoms. The third-order valence-corrected chi connectivity index (χ3v) is 1.39. The molecular weight excluding hydrogens is 180 g/mol. The lowest BCUT2D eigenvalue weighted by Crippen LogP contribution is -1.87. The van der Waals surface area contributed by atoms with Crippen molar-refractivity contribution in [3.05, 3.63) is 24.3 Å². The molecule has 0 aliphatic rings. The van der Waals surface area contributed by atoms with Crippen molar-refractivity contribution in [3.8, 4) is 0 Å². The average Bonchev–Trinajstić information content (AvgIpc) is 1.91. The predicted molar refractivity (Wildman–Crippen MR) is 39.5 cm³/mol. The zero-order valence-corrected chi connectivity index (χ0v) is 6.50. The Hall–Kier alpha value is -0.440. The van der Waals surface area contributed by atoms with Crippen LogP contribution < -0.4 is 0 Å². The molecule has 0 N–H and O–H groups in total. The van der Waals surface area contributed by atoms with Crippen LogP contribution in [-0.4, -0.2) is 15.3 Å². The third-order valence-electron chi connectivity index (χ3n) is 0.997. The Labute approximate surface area is 62.5 Å². The Morgan fingerprint density at radius 1 is 1.33 bits per heavy atom. The van der Waals surface area contributed by atoms with E-state index in [0.29, 0.717) is 0 Å². The number of hydrogen-bond donors (Lipinski definition) is 0. The molecule has 0 unspecified atom stereocenters. The maximum Gasteiger partial charge on any atom is 0.115 e. The summed E-state index contributed by atoms with van der Waals surface area (Å²) in [6.07, 6.45) is 6.20. The normalized spacial score (nSPS) is 9.44. The minimum atomic E-state index is 0.973. The second-order valence-corrected chi connectivity index (χ2v) is 2.48. The van der Waals surface area contributed by atoms with Crippen LogP contribution in [0.5, 0.6) is 0 Å². The van der Waals surface area contributed by atoms with Crippen molar-refractivity contribution < 1.29 is 0 Å². The fourth-order valence-corrected chi connectivity index (χ4v) is 1.03. The molecule has 48 valence electrons. The predicted octanol–water partition coefficient (Wildman–Crippen LogP) is 1.41. The van der Waals surface area contributed by atoms with Gasteiger partial charge in [-0.05, 0) is 12.0 Å². The van der Waals surface area contributed by atoms with E-state index in [-0.39, 0.29) is 0 Å². The molecule has 0 saturated heterocycles. The highest BCUT2D eigenvalue weighted by Crippen LogP contribution is 1.96. The molecule has 0 aliphatic heterocycles. The second-order valence-electron chi connectivity index (χ2n) is 1.69. The van der Waals surface area contributed by atoms with Crippen molar-refractivity contribution in [2.45, 2.75) is 6.42 Å². The largest absolute Gasteiger partial charge is 0.245 e. The van der Waals surface area contributed by atoms with Crippen molar-refractivity contribution in [1.82, 2.24) is 9.97 Å². The van der Waals surface area contributed by atoms with Crippen molar-refractivity contribution in [2.75, 3.05) is 5.33 Å². The molecule has 0 saturated carbocycles. The molecule has 1 aromatic heterocycles. The van der Waals surface area contributed by atoms with Gasteiger partial charge in [0.15, 0.2) is 0 Å². The summed E-state index contributed by atoms with van der Waals surface area (Å²) in [5.74, 6) is 0. The SMILES string of the molecule is BrCCc1cncnc1. The third kappa shape index (κ3) is 2.10. The van der Waals surface area contributed by atoms with Crippen LogP contribution in [0.1, 0.15) is 5.56 Å². The molecule has 1 heterocycles. The van der Waals surface area contributed by atoms with E-state index < -0.39 is 0 Å². The average molecular weight is 187 g/mol. The van der Waals surface area contributed by atoms with Gasteiger partial charge >= 0.3 is 0 Å². The van der Waals surface area contributed by atoms with E-state index in [1.54, 1.807) is 0 Å². The summed E-state index contributed by atoms with van der Waals surface area (Å²) in [5, 5.41) is 0.973. The first kappa shape index (κ1) is 6.68. The van der Waals surface area contributed by atoms with E-state index >= 15 is 0 Å². The summed E-state index contributed by atoms with van der Waals surface area (Å²) in [7, 11) is 0. The van der Waals surface area contributed by atoms with Crippen LogP contribution in [0.3, 0.4) is 0 Å². The van der Waals surface area contributed by atoms with Crippen LogP contribution in [0.25, 0.3) is 0 Å². The van der Waals surface area contributed by atoms with Crippen LogP contribution >= 0.6 is 15.9 Å². The molecule has 3 heteroatoms. The van der Waals surface area contributed by atoms with E-state index in [4.69, 9.17) is 0 Å². The molecule has 1 rings (SSSR count). The van der Waals surface area contributed by atoms with Gasteiger partial charge in [0.1, 0.15) is 6.33 Å². The van der Waals surface area contributed by atoms with Crippen LogP contribution in [0.4, 0.5) is 0 Å². The van der Waals surface area contributed by atoms with Gasteiger partial charge in [0, 0.05) is 17.7 Å². The summed E-state index contributed by atoms with van der Waals surface area (Å²) < 4.78 is 0. The summed E-state index contributed by atoms with van der Waals surface area (Å²) >= 11 is 3.33. The van der Waals surface area contributed by atoms with Gasteiger partial charge < -0.3 is 0 Å². The molecule has 1 aromatic rings. The Bertz CT molecular complexity index is 164. The van der Waals surface area contributed by atoms with Crippen molar-refractivity contribution in [2.24, 2.45) is 0 Å². The molecule has 0 radical (unpaired) electrons. The highest BCUT2D eigenvalue weighted by Gasteiger charge is 1.87. The monoisotopic (exact) mass is 186 g/mol. The maximum absolute atomic E-state index is 3.87. The van der Waals surface area contributed by atoms with Gasteiger partial charge in [-0.2, -0.15) is 0 Å². The summed E-state index contributed by atoms with van der Waals surface area (Å²) in [6, 6.07) is 0. The molecule has 0 aromatic carbocycles. The summed E-state index contributed by atoms with van der Waals surface area (Å²) in [6.45, 7) is 0. The number of hydrogen-bond acceptors (Lipinski definition) is 2. The fourth-order valence-electron chi connectivity index (χ4n) is 0.568. The van der Waals surface area contributed by atoms with Crippen molar-refractivity contribution in [3.63, 3.8) is 0 Å². The number of rotatable bonds is 2. The minimum Gasteiger partial charge on any atom is -0.245 e. The molecule has 0 atom stereocenters. The van der Waals surface area contributed by atoms with Gasteiger partial charge in [0.25, 0.3) is 0 Å².